The summed E-state index contributed by atoms with van der Waals surface area (Å²) in [5, 5.41) is 3.38. The van der Waals surface area contributed by atoms with Gasteiger partial charge in [0.25, 0.3) is 0 Å². The summed E-state index contributed by atoms with van der Waals surface area (Å²) in [5.41, 5.74) is 2.90. The zero-order chi connectivity index (χ0) is 14.7. The average Bonchev–Trinajstić information content (AvgIpc) is 3.02. The van der Waals surface area contributed by atoms with Gasteiger partial charge in [0.15, 0.2) is 0 Å². The first-order valence-corrected chi connectivity index (χ1v) is 6.84. The maximum Gasteiger partial charge on any atom is 0.141 e. The summed E-state index contributed by atoms with van der Waals surface area (Å²) in [6.45, 7) is 2.00. The monoisotopic (exact) mass is 281 g/mol. The lowest BCUT2D eigenvalue weighted by Gasteiger charge is -2.15. The maximum atomic E-state index is 12.9. The summed E-state index contributed by atoms with van der Waals surface area (Å²) in [4.78, 5) is 4.10. The number of hydrogen-bond donors (Lipinski definition) is 1. The van der Waals surface area contributed by atoms with Gasteiger partial charge in [-0.2, -0.15) is 0 Å². The highest BCUT2D eigenvalue weighted by atomic mass is 19.1. The quantitative estimate of drug-likeness (QED) is 0.777. The van der Waals surface area contributed by atoms with Gasteiger partial charge >= 0.3 is 0 Å². The molecule has 0 saturated carbocycles. The molecule has 0 aliphatic heterocycles. The minimum absolute atomic E-state index is 0.00510. The van der Waals surface area contributed by atoms with Gasteiger partial charge in [0.2, 0.25) is 0 Å². The molecule has 3 aromatic rings. The summed E-state index contributed by atoms with van der Waals surface area (Å²) in [7, 11) is 0. The summed E-state index contributed by atoms with van der Waals surface area (Å²) in [6, 6.07) is 15.2. The van der Waals surface area contributed by atoms with E-state index in [0.717, 1.165) is 17.1 Å². The Bertz CT molecular complexity index is 705. The number of anilines is 1. The highest BCUT2D eigenvalue weighted by molar-refractivity contribution is 5.52. The standard InChI is InChI=1S/C17H16FN3/c1-13(17-8-7-14(18)12-19-17)20-15-5-4-6-16(11-15)21-9-2-3-10-21/h2-13,20H,1H3. The van der Waals surface area contributed by atoms with Gasteiger partial charge in [-0.15, -0.1) is 0 Å². The Hall–Kier alpha value is -2.62. The van der Waals surface area contributed by atoms with E-state index >= 15 is 0 Å². The fourth-order valence-electron chi connectivity index (χ4n) is 2.23. The molecule has 0 radical (unpaired) electrons. The van der Waals surface area contributed by atoms with Crippen molar-refractivity contribution in [3.05, 3.63) is 78.6 Å². The lowest BCUT2D eigenvalue weighted by atomic mass is 10.2. The number of pyridine rings is 1. The van der Waals surface area contributed by atoms with Crippen molar-refractivity contribution in [3.8, 4) is 5.69 Å². The molecule has 0 fully saturated rings. The number of rotatable bonds is 4. The SMILES string of the molecule is CC(Nc1cccc(-n2cccc2)c1)c1ccc(F)cn1. The zero-order valence-electron chi connectivity index (χ0n) is 11.7. The Balaban J connectivity index is 1.78. The Kier molecular flexibility index (Phi) is 3.69. The second kappa shape index (κ2) is 5.79. The van der Waals surface area contributed by atoms with Gasteiger partial charge in [0.1, 0.15) is 5.82 Å². The van der Waals surface area contributed by atoms with Crippen LogP contribution in [0, 0.1) is 5.82 Å². The smallest absolute Gasteiger partial charge is 0.141 e. The van der Waals surface area contributed by atoms with Crippen molar-refractivity contribution in [2.75, 3.05) is 5.32 Å². The van der Waals surface area contributed by atoms with Crippen molar-refractivity contribution >= 4 is 5.69 Å². The number of aromatic nitrogens is 2. The Morgan fingerprint density at radius 1 is 1.10 bits per heavy atom. The van der Waals surface area contributed by atoms with Gasteiger partial charge in [-0.3, -0.25) is 4.98 Å². The molecule has 0 spiro atoms. The van der Waals surface area contributed by atoms with Crippen LogP contribution in [-0.2, 0) is 0 Å². The largest absolute Gasteiger partial charge is 0.377 e. The fraction of sp³-hybridized carbons (Fsp3) is 0.118. The Morgan fingerprint density at radius 3 is 2.62 bits per heavy atom. The first-order valence-electron chi connectivity index (χ1n) is 6.84. The van der Waals surface area contributed by atoms with Gasteiger partial charge in [0, 0.05) is 23.8 Å². The first kappa shape index (κ1) is 13.4. The van der Waals surface area contributed by atoms with E-state index in [2.05, 4.69) is 16.4 Å². The van der Waals surface area contributed by atoms with E-state index in [1.807, 2.05) is 54.2 Å². The van der Waals surface area contributed by atoms with Crippen LogP contribution >= 0.6 is 0 Å². The second-order valence-corrected chi connectivity index (χ2v) is 4.91. The van der Waals surface area contributed by atoms with E-state index < -0.39 is 0 Å². The van der Waals surface area contributed by atoms with Crippen LogP contribution in [0.3, 0.4) is 0 Å². The molecule has 106 valence electrons. The van der Waals surface area contributed by atoms with E-state index in [4.69, 9.17) is 0 Å². The average molecular weight is 281 g/mol. The van der Waals surface area contributed by atoms with Crippen LogP contribution in [0.5, 0.6) is 0 Å². The summed E-state index contributed by atoms with van der Waals surface area (Å²) in [6.07, 6.45) is 5.25. The highest BCUT2D eigenvalue weighted by Gasteiger charge is 2.07. The van der Waals surface area contributed by atoms with Crippen LogP contribution in [0.2, 0.25) is 0 Å². The minimum Gasteiger partial charge on any atom is -0.377 e. The third kappa shape index (κ3) is 3.11. The van der Waals surface area contributed by atoms with Gasteiger partial charge in [-0.05, 0) is 49.4 Å². The molecule has 3 nitrogen and oxygen atoms in total. The molecule has 0 aliphatic carbocycles. The summed E-state index contributed by atoms with van der Waals surface area (Å²) in [5.74, 6) is -0.319. The maximum absolute atomic E-state index is 12.9. The molecule has 1 atom stereocenters. The van der Waals surface area contributed by atoms with E-state index in [-0.39, 0.29) is 11.9 Å². The number of benzene rings is 1. The molecule has 2 aromatic heterocycles. The van der Waals surface area contributed by atoms with Crippen LogP contribution < -0.4 is 5.32 Å². The predicted molar refractivity (Wildman–Crippen MR) is 82.0 cm³/mol. The lowest BCUT2D eigenvalue weighted by Crippen LogP contribution is -2.08. The highest BCUT2D eigenvalue weighted by Crippen LogP contribution is 2.20. The Morgan fingerprint density at radius 2 is 1.90 bits per heavy atom. The molecule has 0 bridgehead atoms. The van der Waals surface area contributed by atoms with E-state index in [0.29, 0.717) is 0 Å². The molecule has 4 heteroatoms. The van der Waals surface area contributed by atoms with Gasteiger partial charge < -0.3 is 9.88 Å². The molecular weight excluding hydrogens is 265 g/mol. The zero-order valence-corrected chi connectivity index (χ0v) is 11.7. The van der Waals surface area contributed by atoms with Gasteiger partial charge in [-0.1, -0.05) is 6.07 Å². The molecule has 1 aromatic carbocycles. The molecule has 0 saturated heterocycles. The summed E-state index contributed by atoms with van der Waals surface area (Å²) >= 11 is 0. The minimum atomic E-state index is -0.319. The van der Waals surface area contributed by atoms with Crippen LogP contribution in [0.25, 0.3) is 5.69 Å². The number of halogens is 1. The van der Waals surface area contributed by atoms with Crippen molar-refractivity contribution in [1.82, 2.24) is 9.55 Å². The molecule has 1 unspecified atom stereocenters. The van der Waals surface area contributed by atoms with Crippen molar-refractivity contribution in [3.63, 3.8) is 0 Å². The predicted octanol–water partition coefficient (Wildman–Crippen LogP) is 4.18. The van der Waals surface area contributed by atoms with Crippen LogP contribution in [0.15, 0.2) is 67.1 Å². The normalized spacial score (nSPS) is 12.1. The third-order valence-electron chi connectivity index (χ3n) is 3.33. The van der Waals surface area contributed by atoms with Crippen molar-refractivity contribution in [1.29, 1.82) is 0 Å². The van der Waals surface area contributed by atoms with E-state index in [1.54, 1.807) is 6.07 Å². The molecular formula is C17H16FN3. The number of nitrogens with one attached hydrogen (secondary N) is 1. The van der Waals surface area contributed by atoms with Gasteiger partial charge in [0.05, 0.1) is 17.9 Å². The van der Waals surface area contributed by atoms with Crippen LogP contribution in [0.4, 0.5) is 10.1 Å². The van der Waals surface area contributed by atoms with Crippen LogP contribution in [-0.4, -0.2) is 9.55 Å². The van der Waals surface area contributed by atoms with Crippen molar-refractivity contribution in [2.24, 2.45) is 0 Å². The van der Waals surface area contributed by atoms with Crippen molar-refractivity contribution in [2.45, 2.75) is 13.0 Å². The third-order valence-corrected chi connectivity index (χ3v) is 3.33. The molecule has 0 amide bonds. The van der Waals surface area contributed by atoms with E-state index in [9.17, 15) is 4.39 Å². The first-order chi connectivity index (χ1) is 10.2. The summed E-state index contributed by atoms with van der Waals surface area (Å²) < 4.78 is 14.9. The van der Waals surface area contributed by atoms with E-state index in [1.165, 1.54) is 12.3 Å². The molecule has 21 heavy (non-hydrogen) atoms. The number of hydrogen-bond acceptors (Lipinski definition) is 2. The Labute approximate surface area is 123 Å². The molecule has 2 heterocycles. The number of nitrogens with zero attached hydrogens (tertiary/aromatic N) is 2. The molecule has 1 N–H and O–H groups in total. The topological polar surface area (TPSA) is 29.9 Å². The molecule has 3 rings (SSSR count). The van der Waals surface area contributed by atoms with Crippen molar-refractivity contribution < 1.29 is 4.39 Å². The van der Waals surface area contributed by atoms with Crippen LogP contribution in [0.1, 0.15) is 18.7 Å². The molecule has 0 aliphatic rings. The second-order valence-electron chi connectivity index (χ2n) is 4.91. The fourth-order valence-corrected chi connectivity index (χ4v) is 2.23. The lowest BCUT2D eigenvalue weighted by molar-refractivity contribution is 0.617. The van der Waals surface area contributed by atoms with Gasteiger partial charge in [-0.25, -0.2) is 4.39 Å².